The second-order valence-corrected chi connectivity index (χ2v) is 3.99. The topological polar surface area (TPSA) is 71.2 Å². The van der Waals surface area contributed by atoms with Crippen molar-refractivity contribution in [1.29, 1.82) is 0 Å². The van der Waals surface area contributed by atoms with E-state index in [2.05, 4.69) is 15.2 Å². The standard InChI is InChI=1S/C11H16N4O/c1-8-6-10(14-7-9(8)12)15-4-2-11(16)13-3-5-15/h6-7H,2-5,12H2,1H3,(H,13,16). The third-order valence-electron chi connectivity index (χ3n) is 2.77. The first-order valence-corrected chi connectivity index (χ1v) is 5.40. The Morgan fingerprint density at radius 2 is 2.31 bits per heavy atom. The normalized spacial score (nSPS) is 16.8. The van der Waals surface area contributed by atoms with Crippen LogP contribution < -0.4 is 16.0 Å². The van der Waals surface area contributed by atoms with E-state index in [1.165, 1.54) is 0 Å². The fraction of sp³-hybridized carbons (Fsp3) is 0.455. The Balaban J connectivity index is 2.16. The first-order chi connectivity index (χ1) is 7.66. The second-order valence-electron chi connectivity index (χ2n) is 3.99. The van der Waals surface area contributed by atoms with Gasteiger partial charge in [-0.2, -0.15) is 0 Å². The number of hydrogen-bond acceptors (Lipinski definition) is 4. The van der Waals surface area contributed by atoms with E-state index in [9.17, 15) is 4.79 Å². The van der Waals surface area contributed by atoms with Gasteiger partial charge in [0.2, 0.25) is 5.91 Å². The molecule has 1 aromatic heterocycles. The molecule has 0 unspecified atom stereocenters. The fourth-order valence-electron chi connectivity index (χ4n) is 1.72. The number of nitrogen functional groups attached to an aromatic ring is 1. The minimum Gasteiger partial charge on any atom is -0.397 e. The number of nitrogens with zero attached hydrogens (tertiary/aromatic N) is 2. The summed E-state index contributed by atoms with van der Waals surface area (Å²) in [7, 11) is 0. The quantitative estimate of drug-likeness (QED) is 0.714. The van der Waals surface area contributed by atoms with Gasteiger partial charge in [-0.3, -0.25) is 4.79 Å². The van der Waals surface area contributed by atoms with E-state index < -0.39 is 0 Å². The van der Waals surface area contributed by atoms with Crippen LogP contribution >= 0.6 is 0 Å². The van der Waals surface area contributed by atoms with Gasteiger partial charge in [-0.1, -0.05) is 0 Å². The molecule has 2 rings (SSSR count). The Kier molecular flexibility index (Phi) is 2.94. The predicted octanol–water partition coefficient (Wildman–Crippen LogP) is 0.299. The van der Waals surface area contributed by atoms with E-state index in [1.54, 1.807) is 6.20 Å². The van der Waals surface area contributed by atoms with Gasteiger partial charge in [0.25, 0.3) is 0 Å². The highest BCUT2D eigenvalue weighted by Gasteiger charge is 2.14. The summed E-state index contributed by atoms with van der Waals surface area (Å²) in [5.41, 5.74) is 7.45. The number of nitrogens with two attached hydrogens (primary N) is 1. The smallest absolute Gasteiger partial charge is 0.221 e. The lowest BCUT2D eigenvalue weighted by atomic mass is 10.2. The molecule has 0 aromatic carbocycles. The molecule has 0 saturated carbocycles. The van der Waals surface area contributed by atoms with Gasteiger partial charge in [0.05, 0.1) is 11.9 Å². The van der Waals surface area contributed by atoms with Crippen LogP contribution in [-0.2, 0) is 4.79 Å². The highest BCUT2D eigenvalue weighted by atomic mass is 16.1. The third kappa shape index (κ3) is 2.24. The molecular weight excluding hydrogens is 204 g/mol. The lowest BCUT2D eigenvalue weighted by Crippen LogP contribution is -2.29. The van der Waals surface area contributed by atoms with Gasteiger partial charge in [0.15, 0.2) is 0 Å². The molecule has 0 aliphatic carbocycles. The van der Waals surface area contributed by atoms with Gasteiger partial charge in [-0.25, -0.2) is 4.98 Å². The molecule has 0 bridgehead atoms. The summed E-state index contributed by atoms with van der Waals surface area (Å²) in [6.07, 6.45) is 2.19. The van der Waals surface area contributed by atoms with Gasteiger partial charge in [0.1, 0.15) is 5.82 Å². The number of pyridine rings is 1. The van der Waals surface area contributed by atoms with E-state index in [0.717, 1.165) is 17.9 Å². The number of nitrogens with one attached hydrogen (secondary N) is 1. The van der Waals surface area contributed by atoms with Crippen molar-refractivity contribution < 1.29 is 4.79 Å². The third-order valence-corrected chi connectivity index (χ3v) is 2.77. The average Bonchev–Trinajstić information content (AvgIpc) is 2.47. The summed E-state index contributed by atoms with van der Waals surface area (Å²) in [4.78, 5) is 17.6. The molecule has 1 saturated heterocycles. The second kappa shape index (κ2) is 4.38. The van der Waals surface area contributed by atoms with Crippen LogP contribution in [0.2, 0.25) is 0 Å². The first-order valence-electron chi connectivity index (χ1n) is 5.40. The van der Waals surface area contributed by atoms with E-state index in [0.29, 0.717) is 25.2 Å². The van der Waals surface area contributed by atoms with Crippen molar-refractivity contribution in [3.8, 4) is 0 Å². The Bertz CT molecular complexity index is 405. The molecule has 5 nitrogen and oxygen atoms in total. The molecule has 0 radical (unpaired) electrons. The molecule has 1 aliphatic heterocycles. The van der Waals surface area contributed by atoms with E-state index in [-0.39, 0.29) is 5.91 Å². The monoisotopic (exact) mass is 220 g/mol. The number of aryl methyl sites for hydroxylation is 1. The Morgan fingerprint density at radius 3 is 3.06 bits per heavy atom. The van der Waals surface area contributed by atoms with Gasteiger partial charge < -0.3 is 16.0 Å². The van der Waals surface area contributed by atoms with Crippen LogP contribution in [-0.4, -0.2) is 30.5 Å². The Labute approximate surface area is 94.6 Å². The molecule has 1 fully saturated rings. The first kappa shape index (κ1) is 10.7. The van der Waals surface area contributed by atoms with Crippen molar-refractivity contribution in [3.05, 3.63) is 17.8 Å². The summed E-state index contributed by atoms with van der Waals surface area (Å²) in [6, 6.07) is 1.96. The van der Waals surface area contributed by atoms with Crippen LogP contribution in [0.4, 0.5) is 11.5 Å². The lowest BCUT2D eigenvalue weighted by Gasteiger charge is -2.21. The van der Waals surface area contributed by atoms with E-state index in [1.807, 2.05) is 13.0 Å². The minimum absolute atomic E-state index is 0.106. The zero-order chi connectivity index (χ0) is 11.5. The summed E-state index contributed by atoms with van der Waals surface area (Å²) in [5, 5.41) is 2.84. The maximum absolute atomic E-state index is 11.2. The number of carbonyl (C=O) groups is 1. The van der Waals surface area contributed by atoms with Crippen molar-refractivity contribution in [3.63, 3.8) is 0 Å². The van der Waals surface area contributed by atoms with Crippen LogP contribution in [0.15, 0.2) is 12.3 Å². The van der Waals surface area contributed by atoms with E-state index >= 15 is 0 Å². The molecule has 16 heavy (non-hydrogen) atoms. The molecule has 3 N–H and O–H groups in total. The van der Waals surface area contributed by atoms with Crippen molar-refractivity contribution in [2.45, 2.75) is 13.3 Å². The number of anilines is 2. The van der Waals surface area contributed by atoms with Crippen LogP contribution in [0.25, 0.3) is 0 Å². The van der Waals surface area contributed by atoms with E-state index in [4.69, 9.17) is 5.73 Å². The van der Waals surface area contributed by atoms with Gasteiger partial charge in [-0.05, 0) is 18.6 Å². The van der Waals surface area contributed by atoms with Gasteiger partial charge >= 0.3 is 0 Å². The van der Waals surface area contributed by atoms with Crippen molar-refractivity contribution in [2.75, 3.05) is 30.3 Å². The SMILES string of the molecule is Cc1cc(N2CCNC(=O)CC2)ncc1N. The van der Waals surface area contributed by atoms with Crippen LogP contribution in [0.5, 0.6) is 0 Å². The highest BCUT2D eigenvalue weighted by molar-refractivity contribution is 5.77. The molecule has 0 atom stereocenters. The van der Waals surface area contributed by atoms with Crippen molar-refractivity contribution in [2.24, 2.45) is 0 Å². The molecular formula is C11H16N4O. The fourth-order valence-corrected chi connectivity index (χ4v) is 1.72. The number of aromatic nitrogens is 1. The van der Waals surface area contributed by atoms with Crippen LogP contribution in [0, 0.1) is 6.92 Å². The molecule has 2 heterocycles. The molecule has 1 aromatic rings. The number of carbonyl (C=O) groups excluding carboxylic acids is 1. The minimum atomic E-state index is 0.106. The Morgan fingerprint density at radius 1 is 1.50 bits per heavy atom. The lowest BCUT2D eigenvalue weighted by molar-refractivity contribution is -0.120. The molecule has 1 amide bonds. The van der Waals surface area contributed by atoms with Crippen molar-refractivity contribution in [1.82, 2.24) is 10.3 Å². The maximum Gasteiger partial charge on any atom is 0.221 e. The largest absolute Gasteiger partial charge is 0.397 e. The Hall–Kier alpha value is -1.78. The van der Waals surface area contributed by atoms with Crippen molar-refractivity contribution >= 4 is 17.4 Å². The number of hydrogen-bond donors (Lipinski definition) is 2. The summed E-state index contributed by atoms with van der Waals surface area (Å²) in [5.74, 6) is 0.998. The summed E-state index contributed by atoms with van der Waals surface area (Å²) < 4.78 is 0. The molecule has 1 aliphatic rings. The van der Waals surface area contributed by atoms with Gasteiger partial charge in [-0.15, -0.1) is 0 Å². The summed E-state index contributed by atoms with van der Waals surface area (Å²) >= 11 is 0. The van der Waals surface area contributed by atoms with Crippen LogP contribution in [0.3, 0.4) is 0 Å². The summed E-state index contributed by atoms with van der Waals surface area (Å²) in [6.45, 7) is 4.13. The number of amides is 1. The predicted molar refractivity (Wildman–Crippen MR) is 63.2 cm³/mol. The molecule has 86 valence electrons. The average molecular weight is 220 g/mol. The zero-order valence-electron chi connectivity index (χ0n) is 9.36. The highest BCUT2D eigenvalue weighted by Crippen LogP contribution is 2.17. The molecule has 0 spiro atoms. The number of rotatable bonds is 1. The van der Waals surface area contributed by atoms with Gasteiger partial charge in [0, 0.05) is 26.1 Å². The molecule has 5 heteroatoms. The maximum atomic E-state index is 11.2. The van der Waals surface area contributed by atoms with Crippen LogP contribution in [0.1, 0.15) is 12.0 Å². The zero-order valence-corrected chi connectivity index (χ0v) is 9.36.